The first-order chi connectivity index (χ1) is 7.25. The smallest absolute Gasteiger partial charge is 0.186 e. The average molecular weight is 241 g/mol. The van der Waals surface area contributed by atoms with Crippen LogP contribution in [0.3, 0.4) is 0 Å². The van der Waals surface area contributed by atoms with Gasteiger partial charge in [-0.15, -0.1) is 0 Å². The number of aromatic nitrogens is 4. The van der Waals surface area contributed by atoms with E-state index in [0.29, 0.717) is 5.15 Å². The van der Waals surface area contributed by atoms with Gasteiger partial charge in [0, 0.05) is 19.0 Å². The van der Waals surface area contributed by atoms with Crippen LogP contribution in [0.4, 0.5) is 0 Å². The van der Waals surface area contributed by atoms with Crippen molar-refractivity contribution in [1.29, 1.82) is 0 Å². The number of pyridine rings is 1. The van der Waals surface area contributed by atoms with Gasteiger partial charge in [-0.1, -0.05) is 23.4 Å². The maximum Gasteiger partial charge on any atom is 0.186 e. The molecule has 2 heterocycles. The van der Waals surface area contributed by atoms with Crippen LogP contribution in [0, 0.1) is 0 Å². The molecule has 0 saturated carbocycles. The van der Waals surface area contributed by atoms with Crippen LogP contribution in [0.1, 0.15) is 5.56 Å². The van der Waals surface area contributed by atoms with E-state index < -0.39 is 0 Å². The molecule has 4 nitrogen and oxygen atoms in total. The van der Waals surface area contributed by atoms with Gasteiger partial charge in [0.2, 0.25) is 0 Å². The Morgan fingerprint density at radius 3 is 3.00 bits per heavy atom. The number of nitrogens with zero attached hydrogens (tertiary/aromatic N) is 4. The maximum absolute atomic E-state index is 5.78. The lowest BCUT2D eigenvalue weighted by Crippen LogP contribution is -1.93. The molecule has 0 N–H and O–H groups in total. The van der Waals surface area contributed by atoms with Gasteiger partial charge in [-0.25, -0.2) is 14.6 Å². The van der Waals surface area contributed by atoms with Crippen molar-refractivity contribution < 1.29 is 0 Å². The van der Waals surface area contributed by atoms with E-state index in [4.69, 9.17) is 11.6 Å². The summed E-state index contributed by atoms with van der Waals surface area (Å²) in [4.78, 5) is 8.04. The molecule has 0 aliphatic rings. The van der Waals surface area contributed by atoms with Gasteiger partial charge in [0.1, 0.15) is 11.5 Å². The van der Waals surface area contributed by atoms with Gasteiger partial charge in [-0.2, -0.15) is 5.10 Å². The largest absolute Gasteiger partial charge is 0.245 e. The van der Waals surface area contributed by atoms with Crippen molar-refractivity contribution in [3.63, 3.8) is 0 Å². The van der Waals surface area contributed by atoms with Crippen molar-refractivity contribution in [3.05, 3.63) is 35.4 Å². The van der Waals surface area contributed by atoms with E-state index in [0.717, 1.165) is 16.5 Å². The second-order valence-corrected chi connectivity index (χ2v) is 4.27. The monoisotopic (exact) mass is 240 g/mol. The number of hydrogen-bond acceptors (Lipinski definition) is 4. The van der Waals surface area contributed by atoms with Crippen molar-refractivity contribution in [1.82, 2.24) is 19.7 Å². The molecule has 15 heavy (non-hydrogen) atoms. The number of aryl methyl sites for hydroxylation is 1. The van der Waals surface area contributed by atoms with Gasteiger partial charge in [0.15, 0.2) is 5.16 Å². The Labute approximate surface area is 96.7 Å². The summed E-state index contributed by atoms with van der Waals surface area (Å²) < 4.78 is 1.74. The van der Waals surface area contributed by atoms with Crippen molar-refractivity contribution in [3.8, 4) is 0 Å². The predicted molar refractivity (Wildman–Crippen MR) is 59.8 cm³/mol. The Kier molecular flexibility index (Phi) is 3.23. The molecule has 0 bridgehead atoms. The molecule has 78 valence electrons. The Bertz CT molecular complexity index is 457. The lowest BCUT2D eigenvalue weighted by molar-refractivity contribution is 0.685. The van der Waals surface area contributed by atoms with Crippen LogP contribution in [0.5, 0.6) is 0 Å². The van der Waals surface area contributed by atoms with E-state index in [1.54, 1.807) is 29.0 Å². The highest BCUT2D eigenvalue weighted by Crippen LogP contribution is 2.20. The molecule has 0 unspecified atom stereocenters. The highest BCUT2D eigenvalue weighted by atomic mass is 35.5. The normalized spacial score (nSPS) is 10.5. The average Bonchev–Trinajstić information content (AvgIpc) is 2.61. The number of hydrogen-bond donors (Lipinski definition) is 0. The molecule has 0 aliphatic heterocycles. The molecule has 0 spiro atoms. The Balaban J connectivity index is 2.02. The molecule has 0 saturated heterocycles. The summed E-state index contributed by atoms with van der Waals surface area (Å²) in [6.45, 7) is 0. The van der Waals surface area contributed by atoms with E-state index in [1.807, 2.05) is 19.2 Å². The fourth-order valence-corrected chi connectivity index (χ4v) is 2.12. The van der Waals surface area contributed by atoms with Gasteiger partial charge in [-0.3, -0.25) is 0 Å². The first-order valence-corrected chi connectivity index (χ1v) is 5.69. The second kappa shape index (κ2) is 4.63. The lowest BCUT2D eigenvalue weighted by Gasteiger charge is -2.00. The molecule has 0 radical (unpaired) electrons. The molecular weight excluding hydrogens is 232 g/mol. The Hall–Kier alpha value is -1.07. The predicted octanol–water partition coefficient (Wildman–Crippen LogP) is 2.16. The molecule has 0 aliphatic carbocycles. The van der Waals surface area contributed by atoms with Gasteiger partial charge < -0.3 is 0 Å². The van der Waals surface area contributed by atoms with Crippen LogP contribution < -0.4 is 0 Å². The third kappa shape index (κ3) is 2.70. The standard InChI is InChI=1S/C9H9ClN4S/c1-14-9(12-6-13-14)15-5-7-2-3-11-8(10)4-7/h2-4,6H,5H2,1H3. The van der Waals surface area contributed by atoms with Gasteiger partial charge >= 0.3 is 0 Å². The Morgan fingerprint density at radius 1 is 1.47 bits per heavy atom. The summed E-state index contributed by atoms with van der Waals surface area (Å²) in [6, 6.07) is 3.79. The van der Waals surface area contributed by atoms with E-state index in [9.17, 15) is 0 Å². The third-order valence-corrected chi connectivity index (χ3v) is 3.14. The summed E-state index contributed by atoms with van der Waals surface area (Å²) in [5.74, 6) is 0.814. The van der Waals surface area contributed by atoms with Crippen molar-refractivity contribution in [2.45, 2.75) is 10.9 Å². The number of halogens is 1. The maximum atomic E-state index is 5.78. The molecule has 0 amide bonds. The molecule has 2 rings (SSSR count). The summed E-state index contributed by atoms with van der Waals surface area (Å²) >= 11 is 7.40. The summed E-state index contributed by atoms with van der Waals surface area (Å²) in [5.41, 5.74) is 1.13. The first kappa shape index (κ1) is 10.4. The summed E-state index contributed by atoms with van der Waals surface area (Å²) in [5, 5.41) is 5.40. The second-order valence-electron chi connectivity index (χ2n) is 2.94. The minimum Gasteiger partial charge on any atom is -0.245 e. The minimum absolute atomic E-state index is 0.520. The molecular formula is C9H9ClN4S. The zero-order valence-electron chi connectivity index (χ0n) is 8.09. The molecule has 0 atom stereocenters. The topological polar surface area (TPSA) is 43.6 Å². The molecule has 2 aromatic heterocycles. The van der Waals surface area contributed by atoms with Crippen LogP contribution in [0.2, 0.25) is 5.15 Å². The summed E-state index contributed by atoms with van der Waals surface area (Å²) in [7, 11) is 1.87. The van der Waals surface area contributed by atoms with Crippen LogP contribution in [0.25, 0.3) is 0 Å². The van der Waals surface area contributed by atoms with Crippen LogP contribution >= 0.6 is 23.4 Å². The van der Waals surface area contributed by atoms with Crippen molar-refractivity contribution in [2.75, 3.05) is 0 Å². The van der Waals surface area contributed by atoms with Crippen LogP contribution in [0.15, 0.2) is 29.8 Å². The first-order valence-electron chi connectivity index (χ1n) is 4.33. The minimum atomic E-state index is 0.520. The van der Waals surface area contributed by atoms with Gasteiger partial charge in [0.05, 0.1) is 0 Å². The summed E-state index contributed by atoms with van der Waals surface area (Å²) in [6.07, 6.45) is 3.25. The quantitative estimate of drug-likeness (QED) is 0.609. The molecule has 2 aromatic rings. The van der Waals surface area contributed by atoms with E-state index in [1.165, 1.54) is 0 Å². The van der Waals surface area contributed by atoms with Gasteiger partial charge in [0.25, 0.3) is 0 Å². The number of thioether (sulfide) groups is 1. The van der Waals surface area contributed by atoms with Crippen LogP contribution in [-0.4, -0.2) is 19.7 Å². The zero-order valence-corrected chi connectivity index (χ0v) is 9.66. The van der Waals surface area contributed by atoms with Crippen molar-refractivity contribution >= 4 is 23.4 Å². The van der Waals surface area contributed by atoms with Crippen LogP contribution in [-0.2, 0) is 12.8 Å². The molecule has 6 heteroatoms. The molecule has 0 fully saturated rings. The van der Waals surface area contributed by atoms with E-state index in [2.05, 4.69) is 15.1 Å². The molecule has 0 aromatic carbocycles. The zero-order chi connectivity index (χ0) is 10.7. The fraction of sp³-hybridized carbons (Fsp3) is 0.222. The third-order valence-electron chi connectivity index (χ3n) is 1.83. The number of rotatable bonds is 3. The van der Waals surface area contributed by atoms with Gasteiger partial charge in [-0.05, 0) is 17.7 Å². The van der Waals surface area contributed by atoms with Crippen molar-refractivity contribution in [2.24, 2.45) is 7.05 Å². The highest BCUT2D eigenvalue weighted by molar-refractivity contribution is 7.98. The van der Waals surface area contributed by atoms with E-state index >= 15 is 0 Å². The SMILES string of the molecule is Cn1ncnc1SCc1ccnc(Cl)c1. The highest BCUT2D eigenvalue weighted by Gasteiger charge is 2.02. The lowest BCUT2D eigenvalue weighted by atomic mass is 10.3. The Morgan fingerprint density at radius 2 is 2.33 bits per heavy atom. The van der Waals surface area contributed by atoms with E-state index in [-0.39, 0.29) is 0 Å². The fourth-order valence-electron chi connectivity index (χ4n) is 1.10.